The van der Waals surface area contributed by atoms with Gasteiger partial charge >= 0.3 is 5.97 Å². The number of hydrogen-bond acceptors (Lipinski definition) is 3. The molecule has 0 radical (unpaired) electrons. The molecule has 1 N–H and O–H groups in total. The topological polar surface area (TPSA) is 52.9 Å². The zero-order valence-electron chi connectivity index (χ0n) is 6.46. The number of carboxylic acid groups (broad SMARTS) is 1. The van der Waals surface area contributed by atoms with Crippen molar-refractivity contribution in [3.63, 3.8) is 0 Å². The number of nitrogens with zero attached hydrogens (tertiary/aromatic N) is 2. The second kappa shape index (κ2) is 3.87. The van der Waals surface area contributed by atoms with E-state index in [4.69, 9.17) is 5.11 Å². The fraction of sp³-hybridized carbons (Fsp3) is 0.667. The predicted octanol–water partition coefficient (Wildman–Crippen LogP) is 0.399. The highest BCUT2D eigenvalue weighted by Gasteiger charge is 2.05. The van der Waals surface area contributed by atoms with E-state index in [1.807, 2.05) is 0 Å². The molecular formula is C6H12N2O2. The van der Waals surface area contributed by atoms with E-state index in [9.17, 15) is 4.79 Å². The van der Waals surface area contributed by atoms with E-state index in [-0.39, 0.29) is 5.71 Å². The van der Waals surface area contributed by atoms with Gasteiger partial charge in [-0.3, -0.25) is 0 Å². The normalized spacial score (nSPS) is 11.3. The van der Waals surface area contributed by atoms with Crippen LogP contribution in [0, 0.1) is 0 Å². The third-order valence-electron chi connectivity index (χ3n) is 0.902. The molecule has 0 aliphatic carbocycles. The smallest absolute Gasteiger partial charge is 0.352 e. The van der Waals surface area contributed by atoms with Gasteiger partial charge in [0.1, 0.15) is 5.71 Å². The highest BCUT2D eigenvalue weighted by atomic mass is 16.4. The fourth-order valence-electron chi connectivity index (χ4n) is 0.506. The van der Waals surface area contributed by atoms with Crippen LogP contribution in [0.4, 0.5) is 0 Å². The van der Waals surface area contributed by atoms with Crippen LogP contribution in [0.5, 0.6) is 0 Å². The summed E-state index contributed by atoms with van der Waals surface area (Å²) in [5.74, 6) is -0.948. The first kappa shape index (κ1) is 8.94. The minimum atomic E-state index is -0.948. The summed E-state index contributed by atoms with van der Waals surface area (Å²) in [5, 5.41) is 13.7. The van der Waals surface area contributed by atoms with Crippen molar-refractivity contribution in [2.24, 2.45) is 5.10 Å². The third kappa shape index (κ3) is 3.06. The van der Waals surface area contributed by atoms with E-state index >= 15 is 0 Å². The summed E-state index contributed by atoms with van der Waals surface area (Å²) in [7, 11) is 3.39. The van der Waals surface area contributed by atoms with Crippen LogP contribution in [0.15, 0.2) is 5.10 Å². The highest BCUT2D eigenvalue weighted by molar-refractivity contribution is 6.35. The van der Waals surface area contributed by atoms with E-state index in [0.717, 1.165) is 0 Å². The molecule has 0 unspecified atom stereocenters. The Hall–Kier alpha value is -1.06. The molecule has 0 bridgehead atoms. The van der Waals surface area contributed by atoms with Crippen LogP contribution < -0.4 is 0 Å². The SMILES string of the molecule is CC/C(=N/N(C)C)C(=O)O. The minimum absolute atomic E-state index is 0.185. The Labute approximate surface area is 60.1 Å². The molecule has 4 nitrogen and oxygen atoms in total. The van der Waals surface area contributed by atoms with Gasteiger partial charge in [0.15, 0.2) is 0 Å². The van der Waals surface area contributed by atoms with Gasteiger partial charge in [-0.25, -0.2) is 4.79 Å². The average molecular weight is 144 g/mol. The lowest BCUT2D eigenvalue weighted by Crippen LogP contribution is -2.16. The van der Waals surface area contributed by atoms with Crippen molar-refractivity contribution in [2.45, 2.75) is 13.3 Å². The second-order valence-electron chi connectivity index (χ2n) is 2.05. The third-order valence-corrected chi connectivity index (χ3v) is 0.902. The summed E-state index contributed by atoms with van der Waals surface area (Å²) >= 11 is 0. The first-order chi connectivity index (χ1) is 4.57. The molecule has 0 aromatic carbocycles. The zero-order chi connectivity index (χ0) is 8.15. The first-order valence-electron chi connectivity index (χ1n) is 3.06. The maximum Gasteiger partial charge on any atom is 0.352 e. The Bertz CT molecular complexity index is 152. The predicted molar refractivity (Wildman–Crippen MR) is 39.0 cm³/mol. The van der Waals surface area contributed by atoms with Gasteiger partial charge in [-0.05, 0) is 6.42 Å². The molecule has 0 aliphatic heterocycles. The number of carbonyl (C=O) groups is 1. The van der Waals surface area contributed by atoms with Crippen molar-refractivity contribution < 1.29 is 9.90 Å². The van der Waals surface area contributed by atoms with Gasteiger partial charge < -0.3 is 10.1 Å². The summed E-state index contributed by atoms with van der Waals surface area (Å²) in [6, 6.07) is 0. The molecule has 0 aromatic rings. The van der Waals surface area contributed by atoms with Gasteiger partial charge in [-0.2, -0.15) is 5.10 Å². The zero-order valence-corrected chi connectivity index (χ0v) is 6.46. The van der Waals surface area contributed by atoms with Gasteiger partial charge in [-0.15, -0.1) is 0 Å². The summed E-state index contributed by atoms with van der Waals surface area (Å²) in [5.41, 5.74) is 0.185. The lowest BCUT2D eigenvalue weighted by molar-refractivity contribution is -0.129. The van der Waals surface area contributed by atoms with Crippen molar-refractivity contribution in [1.29, 1.82) is 0 Å². The first-order valence-corrected chi connectivity index (χ1v) is 3.06. The molecule has 0 aromatic heterocycles. The van der Waals surface area contributed by atoms with Crippen molar-refractivity contribution in [1.82, 2.24) is 5.01 Å². The number of hydrogen-bond donors (Lipinski definition) is 1. The molecule has 10 heavy (non-hydrogen) atoms. The van der Waals surface area contributed by atoms with Crippen molar-refractivity contribution in [2.75, 3.05) is 14.1 Å². The van der Waals surface area contributed by atoms with Crippen LogP contribution in [0.1, 0.15) is 13.3 Å². The molecule has 0 amide bonds. The summed E-state index contributed by atoms with van der Waals surface area (Å²) in [6.45, 7) is 1.76. The maximum atomic E-state index is 10.3. The lowest BCUT2D eigenvalue weighted by Gasteiger charge is -2.04. The van der Waals surface area contributed by atoms with Crippen molar-refractivity contribution in [3.8, 4) is 0 Å². The van der Waals surface area contributed by atoms with Crippen LogP contribution in [-0.4, -0.2) is 35.9 Å². The molecule has 0 atom stereocenters. The van der Waals surface area contributed by atoms with Gasteiger partial charge in [0, 0.05) is 14.1 Å². The number of hydrazone groups is 1. The molecule has 4 heteroatoms. The van der Waals surface area contributed by atoms with E-state index < -0.39 is 5.97 Å². The van der Waals surface area contributed by atoms with Crippen LogP contribution in [0.2, 0.25) is 0 Å². The standard InChI is InChI=1S/C6H12N2O2/c1-4-5(6(9)10)7-8(2)3/h4H2,1-3H3,(H,9,10)/b7-5-. The van der Waals surface area contributed by atoms with E-state index in [1.54, 1.807) is 21.0 Å². The lowest BCUT2D eigenvalue weighted by atomic mass is 10.3. The summed E-state index contributed by atoms with van der Waals surface area (Å²) in [6.07, 6.45) is 0.452. The van der Waals surface area contributed by atoms with Crippen LogP contribution in [-0.2, 0) is 4.79 Å². The molecule has 0 heterocycles. The number of rotatable bonds is 3. The second-order valence-corrected chi connectivity index (χ2v) is 2.05. The maximum absolute atomic E-state index is 10.3. The van der Waals surface area contributed by atoms with Gasteiger partial charge in [-0.1, -0.05) is 6.92 Å². The molecule has 0 saturated heterocycles. The van der Waals surface area contributed by atoms with Gasteiger partial charge in [0.05, 0.1) is 0 Å². The average Bonchev–Trinajstić information content (AvgIpc) is 1.81. The largest absolute Gasteiger partial charge is 0.477 e. The molecule has 0 spiro atoms. The van der Waals surface area contributed by atoms with Crippen LogP contribution in [0.25, 0.3) is 0 Å². The van der Waals surface area contributed by atoms with E-state index in [2.05, 4.69) is 5.10 Å². The minimum Gasteiger partial charge on any atom is -0.477 e. The molecule has 0 aliphatic rings. The Morgan fingerprint density at radius 2 is 2.10 bits per heavy atom. The van der Waals surface area contributed by atoms with Crippen molar-refractivity contribution >= 4 is 11.7 Å². The van der Waals surface area contributed by atoms with Crippen LogP contribution in [0.3, 0.4) is 0 Å². The molecule has 0 fully saturated rings. The molecule has 0 saturated carbocycles. The molecule has 58 valence electrons. The summed E-state index contributed by atoms with van der Waals surface area (Å²) < 4.78 is 0. The molecule has 0 rings (SSSR count). The Morgan fingerprint density at radius 1 is 1.60 bits per heavy atom. The van der Waals surface area contributed by atoms with Crippen LogP contribution >= 0.6 is 0 Å². The summed E-state index contributed by atoms with van der Waals surface area (Å²) in [4.78, 5) is 10.3. The van der Waals surface area contributed by atoms with E-state index in [0.29, 0.717) is 6.42 Å². The Morgan fingerprint density at radius 3 is 2.20 bits per heavy atom. The molecular weight excluding hydrogens is 132 g/mol. The Kier molecular flexibility index (Phi) is 3.46. The number of carboxylic acids is 1. The highest BCUT2D eigenvalue weighted by Crippen LogP contribution is 1.87. The van der Waals surface area contributed by atoms with Gasteiger partial charge in [0.2, 0.25) is 0 Å². The number of aliphatic carboxylic acids is 1. The van der Waals surface area contributed by atoms with E-state index in [1.165, 1.54) is 5.01 Å². The fourth-order valence-corrected chi connectivity index (χ4v) is 0.506. The monoisotopic (exact) mass is 144 g/mol. The quantitative estimate of drug-likeness (QED) is 0.460. The van der Waals surface area contributed by atoms with Gasteiger partial charge in [0.25, 0.3) is 0 Å². The van der Waals surface area contributed by atoms with Crippen molar-refractivity contribution in [3.05, 3.63) is 0 Å². The Balaban J connectivity index is 4.19.